The second-order valence-corrected chi connectivity index (χ2v) is 6.47. The van der Waals surface area contributed by atoms with Crippen molar-refractivity contribution in [3.05, 3.63) is 35.4 Å². The van der Waals surface area contributed by atoms with Crippen LogP contribution in [0.3, 0.4) is 0 Å². The lowest BCUT2D eigenvalue weighted by atomic mass is 9.97. The van der Waals surface area contributed by atoms with E-state index >= 15 is 0 Å². The van der Waals surface area contributed by atoms with Gasteiger partial charge in [0.15, 0.2) is 0 Å². The zero-order valence-electron chi connectivity index (χ0n) is 13.3. The quantitative estimate of drug-likeness (QED) is 0.914. The normalized spacial score (nSPS) is 25.7. The molecule has 132 valence electrons. The van der Waals surface area contributed by atoms with Gasteiger partial charge in [-0.1, -0.05) is 18.2 Å². The van der Waals surface area contributed by atoms with Crippen LogP contribution in [0.4, 0.5) is 13.2 Å². The molecule has 3 rings (SSSR count). The van der Waals surface area contributed by atoms with Gasteiger partial charge >= 0.3 is 6.18 Å². The predicted octanol–water partition coefficient (Wildman–Crippen LogP) is 2.44. The van der Waals surface area contributed by atoms with Gasteiger partial charge in [-0.15, -0.1) is 0 Å². The highest BCUT2D eigenvalue weighted by atomic mass is 19.4. The summed E-state index contributed by atoms with van der Waals surface area (Å²) in [5, 5.41) is 9.97. The van der Waals surface area contributed by atoms with Crippen LogP contribution in [0.5, 0.6) is 0 Å². The van der Waals surface area contributed by atoms with Crippen LogP contribution in [0, 0.1) is 0 Å². The summed E-state index contributed by atoms with van der Waals surface area (Å²) in [5.41, 5.74) is -0.444. The highest BCUT2D eigenvalue weighted by molar-refractivity contribution is 5.78. The maximum absolute atomic E-state index is 13.3. The number of nitrogens with zero attached hydrogens (tertiary/aromatic N) is 2. The van der Waals surface area contributed by atoms with Gasteiger partial charge in [0, 0.05) is 38.6 Å². The largest absolute Gasteiger partial charge is 0.416 e. The summed E-state index contributed by atoms with van der Waals surface area (Å²) in [5.74, 6) is 0.0991. The van der Waals surface area contributed by atoms with Gasteiger partial charge in [0.25, 0.3) is 0 Å². The first-order chi connectivity index (χ1) is 11.4. The van der Waals surface area contributed by atoms with E-state index in [1.165, 1.54) is 12.1 Å². The topological polar surface area (TPSA) is 43.8 Å². The van der Waals surface area contributed by atoms with Crippen LogP contribution in [-0.4, -0.2) is 53.1 Å². The molecule has 4 nitrogen and oxygen atoms in total. The molecule has 0 saturated carbocycles. The summed E-state index contributed by atoms with van der Waals surface area (Å²) in [4.78, 5) is 15.3. The van der Waals surface area contributed by atoms with Crippen LogP contribution in [-0.2, 0) is 11.0 Å². The molecule has 0 bridgehead atoms. The van der Waals surface area contributed by atoms with Crippen molar-refractivity contribution in [2.24, 2.45) is 0 Å². The first kappa shape index (κ1) is 17.2. The van der Waals surface area contributed by atoms with Crippen molar-refractivity contribution in [1.82, 2.24) is 9.80 Å². The molecule has 0 aliphatic carbocycles. The summed E-state index contributed by atoms with van der Waals surface area (Å²) in [6.45, 7) is 2.01. The molecule has 1 N–H and O–H groups in total. The Labute approximate surface area is 138 Å². The van der Waals surface area contributed by atoms with Crippen LogP contribution in [0.15, 0.2) is 24.3 Å². The standard InChI is InChI=1S/C17H21F3N2O2/c18-17(19,20)14-5-2-1-4-13(14)15-10-12(23)11-22(15)9-8-21-7-3-6-16(21)24/h1-2,4-5,12,15,23H,3,6-11H2. The Kier molecular flexibility index (Phi) is 4.83. The first-order valence-electron chi connectivity index (χ1n) is 8.22. The molecule has 2 atom stereocenters. The number of benzene rings is 1. The lowest BCUT2D eigenvalue weighted by molar-refractivity contribution is -0.138. The monoisotopic (exact) mass is 342 g/mol. The Morgan fingerprint density at radius 1 is 1.21 bits per heavy atom. The summed E-state index contributed by atoms with van der Waals surface area (Å²) in [6.07, 6.45) is -3.41. The third kappa shape index (κ3) is 3.57. The lowest BCUT2D eigenvalue weighted by Gasteiger charge is -2.28. The van der Waals surface area contributed by atoms with Gasteiger partial charge in [-0.05, 0) is 24.5 Å². The number of hydrogen-bond acceptors (Lipinski definition) is 3. The van der Waals surface area contributed by atoms with Crippen LogP contribution >= 0.6 is 0 Å². The van der Waals surface area contributed by atoms with E-state index in [0.29, 0.717) is 32.6 Å². The molecule has 7 heteroatoms. The highest BCUT2D eigenvalue weighted by Gasteiger charge is 2.39. The minimum Gasteiger partial charge on any atom is -0.392 e. The van der Waals surface area contributed by atoms with E-state index in [-0.39, 0.29) is 17.9 Å². The van der Waals surface area contributed by atoms with Crippen molar-refractivity contribution < 1.29 is 23.1 Å². The lowest BCUT2D eigenvalue weighted by Crippen LogP contribution is -2.36. The molecule has 0 spiro atoms. The number of aliphatic hydroxyl groups is 1. The molecular formula is C17H21F3N2O2. The van der Waals surface area contributed by atoms with Gasteiger partial charge in [-0.2, -0.15) is 13.2 Å². The Morgan fingerprint density at radius 3 is 2.62 bits per heavy atom. The number of carbonyl (C=O) groups excluding carboxylic acids is 1. The van der Waals surface area contributed by atoms with Crippen molar-refractivity contribution in [3.8, 4) is 0 Å². The molecule has 1 aromatic rings. The van der Waals surface area contributed by atoms with Crippen LogP contribution in [0.2, 0.25) is 0 Å². The number of halogens is 3. The number of amides is 1. The second-order valence-electron chi connectivity index (χ2n) is 6.47. The summed E-state index contributed by atoms with van der Waals surface area (Å²) in [7, 11) is 0. The maximum Gasteiger partial charge on any atom is 0.416 e. The zero-order chi connectivity index (χ0) is 17.3. The number of rotatable bonds is 4. The molecule has 2 heterocycles. The fourth-order valence-corrected chi connectivity index (χ4v) is 3.69. The number of carbonyl (C=O) groups is 1. The van der Waals surface area contributed by atoms with Crippen LogP contribution < -0.4 is 0 Å². The molecule has 1 aromatic carbocycles. The minimum atomic E-state index is -4.42. The van der Waals surface area contributed by atoms with E-state index in [1.807, 2.05) is 4.90 Å². The molecule has 0 aromatic heterocycles. The van der Waals surface area contributed by atoms with Crippen molar-refractivity contribution in [3.63, 3.8) is 0 Å². The Morgan fingerprint density at radius 2 is 1.96 bits per heavy atom. The molecule has 2 aliphatic rings. The molecule has 24 heavy (non-hydrogen) atoms. The number of hydrogen-bond donors (Lipinski definition) is 1. The number of aliphatic hydroxyl groups excluding tert-OH is 1. The maximum atomic E-state index is 13.3. The van der Waals surface area contributed by atoms with Crippen molar-refractivity contribution >= 4 is 5.91 Å². The van der Waals surface area contributed by atoms with Crippen LogP contribution in [0.25, 0.3) is 0 Å². The zero-order valence-corrected chi connectivity index (χ0v) is 13.3. The molecular weight excluding hydrogens is 321 g/mol. The Hall–Kier alpha value is -1.60. The fourth-order valence-electron chi connectivity index (χ4n) is 3.69. The van der Waals surface area contributed by atoms with Gasteiger partial charge in [-0.3, -0.25) is 9.69 Å². The fraction of sp³-hybridized carbons (Fsp3) is 0.588. The van der Waals surface area contributed by atoms with E-state index in [4.69, 9.17) is 0 Å². The summed E-state index contributed by atoms with van der Waals surface area (Å²) >= 11 is 0. The minimum absolute atomic E-state index is 0.0991. The van der Waals surface area contributed by atoms with E-state index in [2.05, 4.69) is 0 Å². The summed E-state index contributed by atoms with van der Waals surface area (Å²) < 4.78 is 39.8. The molecule has 2 aliphatic heterocycles. The van der Waals surface area contributed by atoms with Crippen molar-refractivity contribution in [2.45, 2.75) is 37.6 Å². The molecule has 0 radical (unpaired) electrons. The van der Waals surface area contributed by atoms with E-state index in [1.54, 1.807) is 11.0 Å². The molecule has 2 saturated heterocycles. The third-order valence-corrected chi connectivity index (χ3v) is 4.84. The van der Waals surface area contributed by atoms with E-state index in [9.17, 15) is 23.1 Å². The average molecular weight is 342 g/mol. The van der Waals surface area contributed by atoms with Gasteiger partial charge in [0.05, 0.1) is 11.7 Å². The van der Waals surface area contributed by atoms with Gasteiger partial charge < -0.3 is 10.0 Å². The highest BCUT2D eigenvalue weighted by Crippen LogP contribution is 2.40. The Balaban J connectivity index is 1.77. The molecule has 2 fully saturated rings. The number of likely N-dealkylation sites (tertiary alicyclic amines) is 2. The van der Waals surface area contributed by atoms with Crippen LogP contribution in [0.1, 0.15) is 36.4 Å². The smallest absolute Gasteiger partial charge is 0.392 e. The summed E-state index contributed by atoms with van der Waals surface area (Å²) in [6, 6.07) is 5.07. The van der Waals surface area contributed by atoms with Crippen molar-refractivity contribution in [2.75, 3.05) is 26.2 Å². The SMILES string of the molecule is O=C1CCCN1CCN1CC(O)CC1c1ccccc1C(F)(F)F. The van der Waals surface area contributed by atoms with Crippen molar-refractivity contribution in [1.29, 1.82) is 0 Å². The number of β-amino-alcohol motifs (C(OH)–C–C–N with tert-alkyl or cyclic N) is 1. The predicted molar refractivity (Wildman–Crippen MR) is 82.2 cm³/mol. The van der Waals surface area contributed by atoms with Gasteiger partial charge in [-0.25, -0.2) is 0 Å². The second kappa shape index (κ2) is 6.72. The molecule has 1 amide bonds. The molecule has 2 unspecified atom stereocenters. The first-order valence-corrected chi connectivity index (χ1v) is 8.22. The number of alkyl halides is 3. The average Bonchev–Trinajstić information content (AvgIpc) is 3.10. The van der Waals surface area contributed by atoms with Gasteiger partial charge in [0.1, 0.15) is 0 Å². The van der Waals surface area contributed by atoms with E-state index < -0.39 is 23.9 Å². The third-order valence-electron chi connectivity index (χ3n) is 4.84. The Bertz CT molecular complexity index is 606. The van der Waals surface area contributed by atoms with Gasteiger partial charge in [0.2, 0.25) is 5.91 Å². The van der Waals surface area contributed by atoms with E-state index in [0.717, 1.165) is 12.5 Å².